The van der Waals surface area contributed by atoms with Crippen molar-refractivity contribution >= 4 is 27.4 Å². The Hall–Kier alpha value is -2.76. The third-order valence-corrected chi connectivity index (χ3v) is 6.59. The van der Waals surface area contributed by atoms with E-state index in [1.54, 1.807) is 11.6 Å². The van der Waals surface area contributed by atoms with Crippen molar-refractivity contribution in [1.29, 1.82) is 0 Å². The summed E-state index contributed by atoms with van der Waals surface area (Å²) in [6.45, 7) is 3.60. The highest BCUT2D eigenvalue weighted by Gasteiger charge is 2.32. The van der Waals surface area contributed by atoms with Crippen LogP contribution in [0.4, 0.5) is 29.3 Å². The summed E-state index contributed by atoms with van der Waals surface area (Å²) < 4.78 is 67.0. The number of sulfonamides is 1. The van der Waals surface area contributed by atoms with Crippen molar-refractivity contribution in [1.82, 2.24) is 14.7 Å². The van der Waals surface area contributed by atoms with Gasteiger partial charge in [0.2, 0.25) is 10.0 Å². The second kappa shape index (κ2) is 7.58. The molecule has 158 valence electrons. The van der Waals surface area contributed by atoms with E-state index in [-0.39, 0.29) is 24.0 Å². The molecule has 3 rings (SSSR count). The van der Waals surface area contributed by atoms with Gasteiger partial charge in [0.1, 0.15) is 0 Å². The summed E-state index contributed by atoms with van der Waals surface area (Å²) in [6.07, 6.45) is 1.42. The van der Waals surface area contributed by atoms with Gasteiger partial charge in [-0.05, 0) is 13.8 Å². The van der Waals surface area contributed by atoms with Crippen LogP contribution in [0.2, 0.25) is 0 Å². The smallest absolute Gasteiger partial charge is 0.314 e. The summed E-state index contributed by atoms with van der Waals surface area (Å²) in [6, 6.07) is 0.366. The van der Waals surface area contributed by atoms with E-state index in [4.69, 9.17) is 0 Å². The van der Waals surface area contributed by atoms with Crippen LogP contribution in [0.15, 0.2) is 18.3 Å². The molecule has 1 aliphatic rings. The fraction of sp³-hybridized carbons (Fsp3) is 0.412. The molecule has 1 atom stereocenters. The number of hydrogen-bond acceptors (Lipinski definition) is 4. The van der Waals surface area contributed by atoms with Gasteiger partial charge in [0.15, 0.2) is 17.5 Å². The Labute approximate surface area is 165 Å². The first kappa shape index (κ1) is 21.0. The van der Waals surface area contributed by atoms with Gasteiger partial charge in [0, 0.05) is 24.9 Å². The number of aromatic nitrogens is 2. The molecule has 2 aromatic rings. The molecule has 2 heterocycles. The molecular formula is C17H20F3N5O3S. The summed E-state index contributed by atoms with van der Waals surface area (Å²) in [7, 11) is -2.12. The van der Waals surface area contributed by atoms with E-state index in [2.05, 4.69) is 10.4 Å². The van der Waals surface area contributed by atoms with Crippen molar-refractivity contribution in [2.75, 3.05) is 22.4 Å². The fourth-order valence-corrected chi connectivity index (χ4v) is 3.93. The molecular weight excluding hydrogens is 411 g/mol. The van der Waals surface area contributed by atoms with Gasteiger partial charge < -0.3 is 10.2 Å². The Balaban J connectivity index is 1.85. The van der Waals surface area contributed by atoms with E-state index in [9.17, 15) is 26.4 Å². The fourth-order valence-electron chi connectivity index (χ4n) is 3.09. The van der Waals surface area contributed by atoms with Crippen molar-refractivity contribution in [3.8, 4) is 0 Å². The Morgan fingerprint density at radius 2 is 1.93 bits per heavy atom. The number of hydrogen-bond donors (Lipinski definition) is 1. The molecule has 0 saturated carbocycles. The molecule has 12 heteroatoms. The third kappa shape index (κ3) is 3.88. The average molecular weight is 431 g/mol. The number of fused-ring (bicyclic) bond motifs is 1. The lowest BCUT2D eigenvalue weighted by Gasteiger charge is -2.35. The number of halogens is 3. The molecule has 0 radical (unpaired) electrons. The minimum Gasteiger partial charge on any atom is -0.314 e. The zero-order valence-corrected chi connectivity index (χ0v) is 16.8. The molecule has 0 aliphatic carbocycles. The van der Waals surface area contributed by atoms with E-state index >= 15 is 0 Å². The molecule has 8 nitrogen and oxygen atoms in total. The van der Waals surface area contributed by atoms with Gasteiger partial charge in [-0.3, -0.25) is 8.99 Å². The van der Waals surface area contributed by atoms with Crippen molar-refractivity contribution < 1.29 is 26.4 Å². The van der Waals surface area contributed by atoms with Crippen LogP contribution in [-0.2, 0) is 23.1 Å². The number of benzene rings is 1. The molecule has 1 aromatic carbocycles. The van der Waals surface area contributed by atoms with Gasteiger partial charge in [0.25, 0.3) is 0 Å². The topological polar surface area (TPSA) is 87.5 Å². The Morgan fingerprint density at radius 3 is 2.52 bits per heavy atom. The first-order chi connectivity index (χ1) is 13.5. The maximum absolute atomic E-state index is 13.4. The summed E-state index contributed by atoms with van der Waals surface area (Å²) >= 11 is 0. The first-order valence-electron chi connectivity index (χ1n) is 8.78. The standard InChI is InChI=1S/C17H20F3N5O3S/c1-4-29(27,28)23(3)14-7-21-25-8-10(2)24(9-15(14)25)17(26)22-11-5-12(18)16(20)13(19)6-11/h5-7,10H,4,8-9H2,1-3H3,(H,22,26)/t10-/m0/s1. The summed E-state index contributed by atoms with van der Waals surface area (Å²) in [5.41, 5.74) is 0.619. The van der Waals surface area contributed by atoms with Crippen LogP contribution in [-0.4, -0.2) is 48.0 Å². The second-order valence-corrected chi connectivity index (χ2v) is 8.98. The monoisotopic (exact) mass is 431 g/mol. The summed E-state index contributed by atoms with van der Waals surface area (Å²) in [5, 5.41) is 6.54. The number of nitrogens with zero attached hydrogens (tertiary/aromatic N) is 4. The molecule has 0 spiro atoms. The van der Waals surface area contributed by atoms with Gasteiger partial charge in [-0.1, -0.05) is 0 Å². The lowest BCUT2D eigenvalue weighted by Crippen LogP contribution is -2.47. The van der Waals surface area contributed by atoms with Crippen molar-refractivity contribution in [3.05, 3.63) is 41.5 Å². The molecule has 1 aromatic heterocycles. The Kier molecular flexibility index (Phi) is 5.48. The van der Waals surface area contributed by atoms with Crippen molar-refractivity contribution in [3.63, 3.8) is 0 Å². The van der Waals surface area contributed by atoms with Crippen LogP contribution in [0.3, 0.4) is 0 Å². The largest absolute Gasteiger partial charge is 0.322 e. The number of nitrogens with one attached hydrogen (secondary N) is 1. The number of urea groups is 1. The number of carbonyl (C=O) groups is 1. The highest BCUT2D eigenvalue weighted by atomic mass is 32.2. The SMILES string of the molecule is CCS(=O)(=O)N(C)c1cnn2c1CN(C(=O)Nc1cc(F)c(F)c(F)c1)[C@@H](C)C2. The molecule has 0 bridgehead atoms. The molecule has 1 N–H and O–H groups in total. The Morgan fingerprint density at radius 1 is 1.31 bits per heavy atom. The number of amides is 2. The number of anilines is 2. The van der Waals surface area contributed by atoms with Gasteiger partial charge in [-0.2, -0.15) is 5.10 Å². The normalized spacial score (nSPS) is 16.5. The molecule has 1 aliphatic heterocycles. The van der Waals surface area contributed by atoms with Gasteiger partial charge in [0.05, 0.1) is 42.5 Å². The zero-order chi connectivity index (χ0) is 21.5. The maximum Gasteiger partial charge on any atom is 0.322 e. The summed E-state index contributed by atoms with van der Waals surface area (Å²) in [4.78, 5) is 14.0. The summed E-state index contributed by atoms with van der Waals surface area (Å²) in [5.74, 6) is -4.56. The van der Waals surface area contributed by atoms with Crippen LogP contribution in [0.25, 0.3) is 0 Å². The second-order valence-electron chi connectivity index (χ2n) is 6.69. The van der Waals surface area contributed by atoms with Crippen LogP contribution < -0.4 is 9.62 Å². The predicted octanol–water partition coefficient (Wildman–Crippen LogP) is 2.52. The Bertz CT molecular complexity index is 1030. The average Bonchev–Trinajstić information content (AvgIpc) is 3.06. The lowest BCUT2D eigenvalue weighted by atomic mass is 10.2. The first-order valence-corrected chi connectivity index (χ1v) is 10.4. The van der Waals surface area contributed by atoms with E-state index in [0.717, 1.165) is 4.31 Å². The van der Waals surface area contributed by atoms with Gasteiger partial charge >= 0.3 is 6.03 Å². The van der Waals surface area contributed by atoms with E-state index < -0.39 is 33.5 Å². The van der Waals surface area contributed by atoms with Crippen LogP contribution in [0.5, 0.6) is 0 Å². The third-order valence-electron chi connectivity index (χ3n) is 4.83. The maximum atomic E-state index is 13.4. The highest BCUT2D eigenvalue weighted by molar-refractivity contribution is 7.92. The van der Waals surface area contributed by atoms with E-state index in [1.807, 2.05) is 0 Å². The minimum atomic E-state index is -3.53. The molecule has 0 unspecified atom stereocenters. The van der Waals surface area contributed by atoms with Gasteiger partial charge in [-0.25, -0.2) is 26.4 Å². The van der Waals surface area contributed by atoms with Crippen LogP contribution in [0.1, 0.15) is 19.5 Å². The van der Waals surface area contributed by atoms with Crippen molar-refractivity contribution in [2.45, 2.75) is 33.0 Å². The highest BCUT2D eigenvalue weighted by Crippen LogP contribution is 2.28. The predicted molar refractivity (Wildman–Crippen MR) is 100 cm³/mol. The molecule has 29 heavy (non-hydrogen) atoms. The number of rotatable bonds is 4. The van der Waals surface area contributed by atoms with Crippen LogP contribution >= 0.6 is 0 Å². The zero-order valence-electron chi connectivity index (χ0n) is 16.0. The number of carbonyl (C=O) groups excluding carboxylic acids is 1. The van der Waals surface area contributed by atoms with Crippen molar-refractivity contribution in [2.24, 2.45) is 0 Å². The van der Waals surface area contributed by atoms with Crippen LogP contribution in [0, 0.1) is 17.5 Å². The lowest BCUT2D eigenvalue weighted by molar-refractivity contribution is 0.162. The molecule has 0 fully saturated rings. The molecule has 0 saturated heterocycles. The quantitative estimate of drug-likeness (QED) is 0.754. The van der Waals surface area contributed by atoms with Gasteiger partial charge in [-0.15, -0.1) is 0 Å². The molecule has 2 amide bonds. The van der Waals surface area contributed by atoms with E-state index in [0.29, 0.717) is 30.1 Å². The van der Waals surface area contributed by atoms with E-state index in [1.165, 1.54) is 25.1 Å². The minimum absolute atomic E-state index is 0.0259.